The van der Waals surface area contributed by atoms with Crippen LogP contribution >= 0.6 is 0 Å². The van der Waals surface area contributed by atoms with Gasteiger partial charge in [-0.25, -0.2) is 0 Å². The van der Waals surface area contributed by atoms with Crippen molar-refractivity contribution < 1.29 is 9.53 Å². The molecule has 0 aromatic rings. The van der Waals surface area contributed by atoms with Crippen molar-refractivity contribution in [2.45, 2.75) is 50.7 Å². The van der Waals surface area contributed by atoms with Crippen LogP contribution in [0.4, 0.5) is 0 Å². The molecule has 2 unspecified atom stereocenters. The Labute approximate surface area is 85.2 Å². The van der Waals surface area contributed by atoms with E-state index in [1.54, 1.807) is 0 Å². The SMILES string of the molecule is COC(=O)C(C)(C)NC1CCC(N)C1. The second kappa shape index (κ2) is 4.28. The molecule has 4 heteroatoms. The molecule has 4 nitrogen and oxygen atoms in total. The van der Waals surface area contributed by atoms with Crippen molar-refractivity contribution in [2.24, 2.45) is 5.73 Å². The van der Waals surface area contributed by atoms with Gasteiger partial charge in [-0.05, 0) is 33.1 Å². The summed E-state index contributed by atoms with van der Waals surface area (Å²) in [5.74, 6) is -0.224. The van der Waals surface area contributed by atoms with Gasteiger partial charge in [0.15, 0.2) is 0 Å². The smallest absolute Gasteiger partial charge is 0.325 e. The van der Waals surface area contributed by atoms with Crippen molar-refractivity contribution in [3.05, 3.63) is 0 Å². The Hall–Kier alpha value is -0.610. The molecule has 0 aliphatic heterocycles. The number of ether oxygens (including phenoxy) is 1. The molecule has 3 N–H and O–H groups in total. The van der Waals surface area contributed by atoms with Crippen LogP contribution in [0.2, 0.25) is 0 Å². The number of hydrogen-bond donors (Lipinski definition) is 2. The number of rotatable bonds is 3. The van der Waals surface area contributed by atoms with Crippen molar-refractivity contribution in [1.82, 2.24) is 5.32 Å². The maximum Gasteiger partial charge on any atom is 0.325 e. The fourth-order valence-corrected chi connectivity index (χ4v) is 1.97. The van der Waals surface area contributed by atoms with Crippen molar-refractivity contribution in [3.8, 4) is 0 Å². The average molecular weight is 200 g/mol. The first-order chi connectivity index (χ1) is 6.45. The van der Waals surface area contributed by atoms with Crippen LogP contribution < -0.4 is 11.1 Å². The van der Waals surface area contributed by atoms with E-state index in [0.717, 1.165) is 19.3 Å². The number of carbonyl (C=O) groups is 1. The molecule has 1 aliphatic rings. The molecule has 1 fully saturated rings. The summed E-state index contributed by atoms with van der Waals surface area (Å²) < 4.78 is 4.72. The molecule has 0 spiro atoms. The monoisotopic (exact) mass is 200 g/mol. The Bertz CT molecular complexity index is 216. The summed E-state index contributed by atoms with van der Waals surface area (Å²) >= 11 is 0. The molecule has 14 heavy (non-hydrogen) atoms. The van der Waals surface area contributed by atoms with Gasteiger partial charge in [0, 0.05) is 12.1 Å². The minimum absolute atomic E-state index is 0.224. The largest absolute Gasteiger partial charge is 0.468 e. The number of methoxy groups -OCH3 is 1. The Morgan fingerprint density at radius 1 is 1.50 bits per heavy atom. The lowest BCUT2D eigenvalue weighted by molar-refractivity contribution is -0.147. The molecule has 1 rings (SSSR count). The second-order valence-electron chi connectivity index (χ2n) is 4.53. The Morgan fingerprint density at radius 3 is 2.57 bits per heavy atom. The Kier molecular flexibility index (Phi) is 3.50. The third kappa shape index (κ3) is 2.69. The summed E-state index contributed by atoms with van der Waals surface area (Å²) in [5, 5.41) is 3.28. The molecule has 0 heterocycles. The van der Waals surface area contributed by atoms with Crippen LogP contribution in [0.15, 0.2) is 0 Å². The Balaban J connectivity index is 2.46. The quantitative estimate of drug-likeness (QED) is 0.648. The highest BCUT2D eigenvalue weighted by Gasteiger charge is 2.33. The van der Waals surface area contributed by atoms with Crippen LogP contribution in [-0.4, -0.2) is 30.7 Å². The van der Waals surface area contributed by atoms with Crippen LogP contribution in [0, 0.1) is 0 Å². The molecular weight excluding hydrogens is 180 g/mol. The predicted molar refractivity (Wildman–Crippen MR) is 54.8 cm³/mol. The van der Waals surface area contributed by atoms with Gasteiger partial charge in [-0.1, -0.05) is 0 Å². The second-order valence-corrected chi connectivity index (χ2v) is 4.53. The van der Waals surface area contributed by atoms with E-state index >= 15 is 0 Å². The van der Waals surface area contributed by atoms with Gasteiger partial charge in [-0.15, -0.1) is 0 Å². The zero-order valence-corrected chi connectivity index (χ0v) is 9.17. The first-order valence-corrected chi connectivity index (χ1v) is 5.07. The van der Waals surface area contributed by atoms with E-state index in [-0.39, 0.29) is 12.0 Å². The summed E-state index contributed by atoms with van der Waals surface area (Å²) in [6.45, 7) is 3.67. The highest BCUT2D eigenvalue weighted by Crippen LogP contribution is 2.20. The molecule has 0 amide bonds. The number of esters is 1. The topological polar surface area (TPSA) is 64.3 Å². The van der Waals surface area contributed by atoms with Gasteiger partial charge in [0.25, 0.3) is 0 Å². The zero-order chi connectivity index (χ0) is 10.8. The maximum atomic E-state index is 11.4. The zero-order valence-electron chi connectivity index (χ0n) is 9.17. The fourth-order valence-electron chi connectivity index (χ4n) is 1.97. The highest BCUT2D eigenvalue weighted by atomic mass is 16.5. The van der Waals surface area contributed by atoms with E-state index in [9.17, 15) is 4.79 Å². The normalized spacial score (nSPS) is 27.7. The summed E-state index contributed by atoms with van der Waals surface area (Å²) in [7, 11) is 1.41. The van der Waals surface area contributed by atoms with Crippen molar-refractivity contribution >= 4 is 5.97 Å². The number of carbonyl (C=O) groups excluding carboxylic acids is 1. The predicted octanol–water partition coefficient (Wildman–Crippen LogP) is 0.407. The van der Waals surface area contributed by atoms with E-state index in [1.165, 1.54) is 7.11 Å². The molecular formula is C10H20N2O2. The maximum absolute atomic E-state index is 11.4. The molecule has 0 radical (unpaired) electrons. The third-order valence-corrected chi connectivity index (χ3v) is 2.73. The summed E-state index contributed by atoms with van der Waals surface area (Å²) in [5.41, 5.74) is 5.19. The molecule has 0 aromatic heterocycles. The Morgan fingerprint density at radius 2 is 2.14 bits per heavy atom. The molecule has 0 saturated heterocycles. The standard InChI is InChI=1S/C10H20N2O2/c1-10(2,9(13)14-3)12-8-5-4-7(11)6-8/h7-8,12H,4-6,11H2,1-3H3. The van der Waals surface area contributed by atoms with Gasteiger partial charge in [-0.2, -0.15) is 0 Å². The van der Waals surface area contributed by atoms with Crippen LogP contribution in [0.3, 0.4) is 0 Å². The summed E-state index contributed by atoms with van der Waals surface area (Å²) in [6, 6.07) is 0.625. The van der Waals surface area contributed by atoms with Crippen LogP contribution in [0.25, 0.3) is 0 Å². The van der Waals surface area contributed by atoms with E-state index in [1.807, 2.05) is 13.8 Å². The van der Waals surface area contributed by atoms with Gasteiger partial charge in [-0.3, -0.25) is 10.1 Å². The molecule has 0 bridgehead atoms. The van der Waals surface area contributed by atoms with E-state index < -0.39 is 5.54 Å². The van der Waals surface area contributed by atoms with Crippen molar-refractivity contribution in [1.29, 1.82) is 0 Å². The first kappa shape index (κ1) is 11.5. The van der Waals surface area contributed by atoms with Crippen LogP contribution in [-0.2, 0) is 9.53 Å². The lowest BCUT2D eigenvalue weighted by atomic mass is 10.0. The lowest BCUT2D eigenvalue weighted by Gasteiger charge is -2.27. The number of hydrogen-bond acceptors (Lipinski definition) is 4. The van der Waals surface area contributed by atoms with E-state index in [2.05, 4.69) is 5.32 Å². The van der Waals surface area contributed by atoms with E-state index in [4.69, 9.17) is 10.5 Å². The fraction of sp³-hybridized carbons (Fsp3) is 0.900. The van der Waals surface area contributed by atoms with Crippen LogP contribution in [0.1, 0.15) is 33.1 Å². The van der Waals surface area contributed by atoms with Crippen LogP contribution in [0.5, 0.6) is 0 Å². The van der Waals surface area contributed by atoms with Gasteiger partial charge >= 0.3 is 5.97 Å². The molecule has 2 atom stereocenters. The van der Waals surface area contributed by atoms with Gasteiger partial charge < -0.3 is 10.5 Å². The van der Waals surface area contributed by atoms with Crippen molar-refractivity contribution in [2.75, 3.05) is 7.11 Å². The van der Waals surface area contributed by atoms with Gasteiger partial charge in [0.2, 0.25) is 0 Å². The highest BCUT2D eigenvalue weighted by molar-refractivity contribution is 5.79. The number of nitrogens with two attached hydrogens (primary N) is 1. The molecule has 1 aliphatic carbocycles. The lowest BCUT2D eigenvalue weighted by Crippen LogP contribution is -2.51. The molecule has 1 saturated carbocycles. The van der Waals surface area contributed by atoms with Gasteiger partial charge in [0.05, 0.1) is 7.11 Å². The molecule has 0 aromatic carbocycles. The van der Waals surface area contributed by atoms with E-state index in [0.29, 0.717) is 6.04 Å². The minimum Gasteiger partial charge on any atom is -0.468 e. The van der Waals surface area contributed by atoms with Crippen molar-refractivity contribution in [3.63, 3.8) is 0 Å². The summed E-state index contributed by atoms with van der Waals surface area (Å²) in [4.78, 5) is 11.4. The average Bonchev–Trinajstić information content (AvgIpc) is 2.48. The first-order valence-electron chi connectivity index (χ1n) is 5.07. The third-order valence-electron chi connectivity index (χ3n) is 2.73. The number of nitrogens with one attached hydrogen (secondary N) is 1. The minimum atomic E-state index is -0.608. The van der Waals surface area contributed by atoms with Gasteiger partial charge in [0.1, 0.15) is 5.54 Å². The summed E-state index contributed by atoms with van der Waals surface area (Å²) in [6.07, 6.45) is 3.02. The molecule has 82 valence electrons.